The van der Waals surface area contributed by atoms with E-state index in [1.165, 1.54) is 11.3 Å². The molecule has 5 heterocycles. The number of hydrogen-bond acceptors (Lipinski definition) is 6. The molecule has 2 aliphatic rings. The van der Waals surface area contributed by atoms with Gasteiger partial charge in [0, 0.05) is 19.6 Å². The van der Waals surface area contributed by atoms with Gasteiger partial charge in [0.1, 0.15) is 5.82 Å². The third kappa shape index (κ3) is 2.71. The maximum Gasteiger partial charge on any atom is 0.263 e. The lowest BCUT2D eigenvalue weighted by Gasteiger charge is -2.48. The Hall–Kier alpha value is -2.45. The first kappa shape index (κ1) is 16.7. The minimum absolute atomic E-state index is 0.111. The van der Waals surface area contributed by atoms with E-state index in [1.54, 1.807) is 6.26 Å². The van der Waals surface area contributed by atoms with Gasteiger partial charge in [-0.05, 0) is 43.5 Å². The average Bonchev–Trinajstić information content (AvgIpc) is 3.42. The molecule has 0 aliphatic carbocycles. The highest BCUT2D eigenvalue weighted by molar-refractivity contribution is 7.12. The summed E-state index contributed by atoms with van der Waals surface area (Å²) in [5, 5.41) is 10.8. The van der Waals surface area contributed by atoms with Gasteiger partial charge in [0.05, 0.1) is 23.2 Å². The van der Waals surface area contributed by atoms with Crippen molar-refractivity contribution in [3.63, 3.8) is 0 Å². The van der Waals surface area contributed by atoms with Crippen LogP contribution in [0.1, 0.15) is 28.3 Å². The number of amides is 1. The first-order valence-corrected chi connectivity index (χ1v) is 10.0. The van der Waals surface area contributed by atoms with E-state index in [4.69, 9.17) is 4.42 Å². The highest BCUT2D eigenvalue weighted by atomic mass is 32.1. The van der Waals surface area contributed by atoms with Crippen molar-refractivity contribution < 1.29 is 9.21 Å². The van der Waals surface area contributed by atoms with Crippen LogP contribution in [0.5, 0.6) is 0 Å². The molecule has 3 aromatic heterocycles. The van der Waals surface area contributed by atoms with E-state index in [1.807, 2.05) is 34.5 Å². The van der Waals surface area contributed by atoms with Gasteiger partial charge < -0.3 is 9.32 Å². The number of nitrogens with zero attached hydrogens (tertiary/aromatic N) is 5. The van der Waals surface area contributed by atoms with Crippen LogP contribution < -0.4 is 0 Å². The Balaban J connectivity index is 1.46. The quantitative estimate of drug-likeness (QED) is 0.681. The van der Waals surface area contributed by atoms with E-state index in [2.05, 4.69) is 26.7 Å². The van der Waals surface area contributed by atoms with Crippen molar-refractivity contribution in [2.75, 3.05) is 26.7 Å². The standard InChI is InChI=1S/C19H21N5O2S/c1-22-12-16-20-21-17(14-4-2-10-26-14)24(16)19(13-22)6-8-23(9-7-19)18(25)15-5-3-11-27-15/h2-5,10-11H,6-9,12-13H2,1H3. The van der Waals surface area contributed by atoms with E-state index in [0.717, 1.165) is 61.3 Å². The van der Waals surface area contributed by atoms with E-state index in [0.29, 0.717) is 0 Å². The summed E-state index contributed by atoms with van der Waals surface area (Å²) >= 11 is 1.51. The van der Waals surface area contributed by atoms with Crippen molar-refractivity contribution in [3.05, 3.63) is 46.6 Å². The molecule has 0 radical (unpaired) electrons. The average molecular weight is 383 g/mol. The number of thiophene rings is 1. The molecular weight excluding hydrogens is 362 g/mol. The van der Waals surface area contributed by atoms with Crippen molar-refractivity contribution in [2.45, 2.75) is 24.9 Å². The highest BCUT2D eigenvalue weighted by Gasteiger charge is 2.44. The highest BCUT2D eigenvalue weighted by Crippen LogP contribution is 2.39. The Kier molecular flexibility index (Phi) is 3.91. The van der Waals surface area contributed by atoms with Crippen molar-refractivity contribution in [3.8, 4) is 11.6 Å². The van der Waals surface area contributed by atoms with Crippen LogP contribution in [0.15, 0.2) is 40.3 Å². The van der Waals surface area contributed by atoms with E-state index < -0.39 is 0 Å². The van der Waals surface area contributed by atoms with Crippen LogP contribution in [0.2, 0.25) is 0 Å². The van der Waals surface area contributed by atoms with Crippen molar-refractivity contribution >= 4 is 17.2 Å². The van der Waals surface area contributed by atoms with Crippen molar-refractivity contribution in [2.24, 2.45) is 0 Å². The maximum absolute atomic E-state index is 12.7. The largest absolute Gasteiger partial charge is 0.461 e. The summed E-state index contributed by atoms with van der Waals surface area (Å²) in [6.07, 6.45) is 3.43. The van der Waals surface area contributed by atoms with Gasteiger partial charge in [0.2, 0.25) is 0 Å². The first-order valence-electron chi connectivity index (χ1n) is 9.16. The van der Waals surface area contributed by atoms with Gasteiger partial charge in [-0.1, -0.05) is 6.07 Å². The Labute approximate surface area is 161 Å². The molecule has 1 fully saturated rings. The smallest absolute Gasteiger partial charge is 0.263 e. The minimum Gasteiger partial charge on any atom is -0.461 e. The predicted octanol–water partition coefficient (Wildman–Crippen LogP) is 2.68. The summed E-state index contributed by atoms with van der Waals surface area (Å²) in [4.78, 5) is 17.8. The van der Waals surface area contributed by atoms with Gasteiger partial charge in [-0.15, -0.1) is 21.5 Å². The molecule has 8 heteroatoms. The van der Waals surface area contributed by atoms with Crippen LogP contribution in [-0.4, -0.2) is 57.2 Å². The number of hydrogen-bond donors (Lipinski definition) is 0. The van der Waals surface area contributed by atoms with E-state index in [9.17, 15) is 4.79 Å². The number of furan rings is 1. The molecule has 0 atom stereocenters. The Morgan fingerprint density at radius 3 is 2.78 bits per heavy atom. The first-order chi connectivity index (χ1) is 13.2. The molecule has 2 aliphatic heterocycles. The summed E-state index contributed by atoms with van der Waals surface area (Å²) < 4.78 is 7.89. The van der Waals surface area contributed by atoms with Gasteiger partial charge in [-0.25, -0.2) is 0 Å². The molecule has 0 aromatic carbocycles. The molecule has 140 valence electrons. The molecule has 7 nitrogen and oxygen atoms in total. The summed E-state index contributed by atoms with van der Waals surface area (Å²) in [5.74, 6) is 2.64. The number of aromatic nitrogens is 3. The minimum atomic E-state index is -0.111. The summed E-state index contributed by atoms with van der Waals surface area (Å²) in [5.41, 5.74) is -0.111. The monoisotopic (exact) mass is 383 g/mol. The Morgan fingerprint density at radius 2 is 2.07 bits per heavy atom. The fourth-order valence-electron chi connectivity index (χ4n) is 4.42. The molecular formula is C19H21N5O2S. The predicted molar refractivity (Wildman–Crippen MR) is 101 cm³/mol. The molecule has 1 saturated heterocycles. The lowest BCUT2D eigenvalue weighted by Crippen LogP contribution is -2.55. The zero-order valence-corrected chi connectivity index (χ0v) is 16.0. The Morgan fingerprint density at radius 1 is 1.22 bits per heavy atom. The van der Waals surface area contributed by atoms with Crippen LogP contribution in [0.3, 0.4) is 0 Å². The van der Waals surface area contributed by atoms with Gasteiger partial charge in [0.25, 0.3) is 5.91 Å². The topological polar surface area (TPSA) is 67.4 Å². The molecule has 1 spiro atoms. The summed E-state index contributed by atoms with van der Waals surface area (Å²) in [7, 11) is 2.12. The van der Waals surface area contributed by atoms with Crippen molar-refractivity contribution in [1.29, 1.82) is 0 Å². The van der Waals surface area contributed by atoms with Crippen LogP contribution in [-0.2, 0) is 12.1 Å². The number of carbonyl (C=O) groups excluding carboxylic acids is 1. The lowest BCUT2D eigenvalue weighted by atomic mass is 9.84. The number of likely N-dealkylation sites (tertiary alicyclic amines) is 1. The van der Waals surface area contributed by atoms with E-state index >= 15 is 0 Å². The summed E-state index contributed by atoms with van der Waals surface area (Å²) in [6, 6.07) is 7.64. The number of fused-ring (bicyclic) bond motifs is 2. The molecule has 3 aromatic rings. The molecule has 0 N–H and O–H groups in total. The second-order valence-electron chi connectivity index (χ2n) is 7.42. The van der Waals surface area contributed by atoms with Crippen LogP contribution >= 0.6 is 11.3 Å². The molecule has 5 rings (SSSR count). The Bertz CT molecular complexity index is 939. The normalized spacial score (nSPS) is 19.4. The molecule has 0 bridgehead atoms. The third-order valence-electron chi connectivity index (χ3n) is 5.63. The molecule has 0 unspecified atom stereocenters. The lowest BCUT2D eigenvalue weighted by molar-refractivity contribution is 0.0411. The molecule has 1 amide bonds. The fourth-order valence-corrected chi connectivity index (χ4v) is 5.11. The zero-order chi connectivity index (χ0) is 18.4. The number of likely N-dealkylation sites (N-methyl/N-ethyl adjacent to an activating group) is 1. The van der Waals surface area contributed by atoms with Crippen LogP contribution in [0, 0.1) is 0 Å². The number of rotatable bonds is 2. The fraction of sp³-hybridized carbons (Fsp3) is 0.421. The third-order valence-corrected chi connectivity index (χ3v) is 6.49. The molecule has 27 heavy (non-hydrogen) atoms. The second-order valence-corrected chi connectivity index (χ2v) is 8.37. The van der Waals surface area contributed by atoms with Crippen LogP contribution in [0.4, 0.5) is 0 Å². The van der Waals surface area contributed by atoms with Gasteiger partial charge in [-0.3, -0.25) is 14.3 Å². The SMILES string of the molecule is CN1Cc2nnc(-c3ccco3)n2C2(CCN(C(=O)c3cccs3)CC2)C1. The number of carbonyl (C=O) groups is 1. The van der Waals surface area contributed by atoms with Gasteiger partial charge >= 0.3 is 0 Å². The van der Waals surface area contributed by atoms with E-state index in [-0.39, 0.29) is 11.4 Å². The van der Waals surface area contributed by atoms with Gasteiger partial charge in [-0.2, -0.15) is 0 Å². The van der Waals surface area contributed by atoms with Crippen LogP contribution in [0.25, 0.3) is 11.6 Å². The summed E-state index contributed by atoms with van der Waals surface area (Å²) in [6.45, 7) is 3.17. The van der Waals surface area contributed by atoms with Gasteiger partial charge in [0.15, 0.2) is 11.6 Å². The second kappa shape index (κ2) is 6.31. The van der Waals surface area contributed by atoms with Crippen molar-refractivity contribution in [1.82, 2.24) is 24.6 Å². The number of piperidine rings is 1. The zero-order valence-electron chi connectivity index (χ0n) is 15.2. The maximum atomic E-state index is 12.7. The molecule has 0 saturated carbocycles.